The molecule has 0 aliphatic carbocycles. The average molecular weight is 365 g/mol. The van der Waals surface area contributed by atoms with Crippen molar-refractivity contribution in [1.29, 1.82) is 0 Å². The van der Waals surface area contributed by atoms with E-state index in [1.165, 1.54) is 18.3 Å². The molecular formula is C17H17F2N3O2S. The molecule has 0 radical (unpaired) electrons. The Bertz CT molecular complexity index is 839. The van der Waals surface area contributed by atoms with Gasteiger partial charge in [0.15, 0.2) is 0 Å². The van der Waals surface area contributed by atoms with Crippen molar-refractivity contribution in [3.8, 4) is 0 Å². The normalized spacial score (nSPS) is 20.2. The highest BCUT2D eigenvalue weighted by Gasteiger charge is 2.50. The van der Waals surface area contributed by atoms with Crippen LogP contribution in [0, 0.1) is 11.6 Å². The van der Waals surface area contributed by atoms with Gasteiger partial charge in [0.2, 0.25) is 0 Å². The summed E-state index contributed by atoms with van der Waals surface area (Å²) in [6.45, 7) is 3.41. The van der Waals surface area contributed by atoms with Gasteiger partial charge in [0.1, 0.15) is 17.2 Å². The zero-order chi connectivity index (χ0) is 18.2. The van der Waals surface area contributed by atoms with Crippen molar-refractivity contribution in [2.24, 2.45) is 0 Å². The van der Waals surface area contributed by atoms with E-state index in [1.54, 1.807) is 5.38 Å². The van der Waals surface area contributed by atoms with Crippen LogP contribution >= 0.6 is 11.3 Å². The van der Waals surface area contributed by atoms with E-state index in [0.29, 0.717) is 5.69 Å². The number of aryl methyl sites for hydroxylation is 1. The predicted molar refractivity (Wildman–Crippen MR) is 88.9 cm³/mol. The number of halogens is 2. The Hall–Kier alpha value is -2.35. The van der Waals surface area contributed by atoms with Gasteiger partial charge in [0.05, 0.1) is 17.2 Å². The maximum absolute atomic E-state index is 14.1. The third-order valence-electron chi connectivity index (χ3n) is 4.13. The number of aromatic nitrogens is 1. The van der Waals surface area contributed by atoms with Crippen molar-refractivity contribution in [3.05, 3.63) is 51.5 Å². The first-order valence-corrected chi connectivity index (χ1v) is 8.76. The second-order valence-corrected chi connectivity index (χ2v) is 7.00. The summed E-state index contributed by atoms with van der Waals surface area (Å²) in [6.07, 6.45) is 1.78. The zero-order valence-corrected chi connectivity index (χ0v) is 14.6. The zero-order valence-electron chi connectivity index (χ0n) is 13.8. The fourth-order valence-corrected chi connectivity index (χ4v) is 3.71. The van der Waals surface area contributed by atoms with Gasteiger partial charge in [0.25, 0.3) is 5.91 Å². The average Bonchev–Trinajstić information content (AvgIpc) is 3.09. The number of amides is 3. The molecule has 1 saturated heterocycles. The molecule has 3 amide bonds. The largest absolute Gasteiger partial charge is 0.325 e. The number of nitrogens with zero attached hydrogens (tertiary/aromatic N) is 2. The third-order valence-corrected chi connectivity index (χ3v) is 5.08. The molecule has 1 N–H and O–H groups in total. The number of nitrogens with one attached hydrogen (secondary N) is 1. The van der Waals surface area contributed by atoms with Crippen LogP contribution in [0.4, 0.5) is 13.6 Å². The number of imide groups is 1. The second kappa shape index (κ2) is 6.51. The first-order valence-electron chi connectivity index (χ1n) is 7.88. The van der Waals surface area contributed by atoms with Gasteiger partial charge in [-0.2, -0.15) is 0 Å². The van der Waals surface area contributed by atoms with Gasteiger partial charge in [-0.05, 0) is 38.0 Å². The fourth-order valence-electron chi connectivity index (χ4n) is 2.82. The van der Waals surface area contributed by atoms with Crippen LogP contribution in [0.5, 0.6) is 0 Å². The number of urea groups is 1. The van der Waals surface area contributed by atoms with Crippen LogP contribution < -0.4 is 5.32 Å². The molecule has 3 rings (SSSR count). The van der Waals surface area contributed by atoms with Crippen LogP contribution in [0.15, 0.2) is 23.6 Å². The molecule has 1 aromatic heterocycles. The highest BCUT2D eigenvalue weighted by atomic mass is 32.1. The minimum Gasteiger partial charge on any atom is -0.319 e. The van der Waals surface area contributed by atoms with E-state index in [-0.39, 0.29) is 12.1 Å². The molecule has 132 valence electrons. The van der Waals surface area contributed by atoms with Gasteiger partial charge in [-0.1, -0.05) is 6.92 Å². The number of benzene rings is 1. The molecule has 1 aromatic carbocycles. The summed E-state index contributed by atoms with van der Waals surface area (Å²) in [5.41, 5.74) is -1.25. The lowest BCUT2D eigenvalue weighted by molar-refractivity contribution is -0.131. The Morgan fingerprint density at radius 3 is 2.80 bits per heavy atom. The number of carbonyl (C=O) groups excluding carboxylic acids is 2. The van der Waals surface area contributed by atoms with Crippen LogP contribution in [0.2, 0.25) is 0 Å². The highest BCUT2D eigenvalue weighted by molar-refractivity contribution is 7.09. The van der Waals surface area contributed by atoms with E-state index in [0.717, 1.165) is 40.9 Å². The molecule has 0 unspecified atom stereocenters. The number of hydrogen-bond acceptors (Lipinski definition) is 4. The van der Waals surface area contributed by atoms with Crippen molar-refractivity contribution in [1.82, 2.24) is 15.2 Å². The van der Waals surface area contributed by atoms with E-state index >= 15 is 0 Å². The summed E-state index contributed by atoms with van der Waals surface area (Å²) in [5, 5.41) is 5.20. The van der Waals surface area contributed by atoms with Gasteiger partial charge in [-0.15, -0.1) is 11.3 Å². The van der Waals surface area contributed by atoms with Gasteiger partial charge < -0.3 is 5.32 Å². The van der Waals surface area contributed by atoms with Crippen molar-refractivity contribution in [2.75, 3.05) is 0 Å². The minimum atomic E-state index is -1.65. The van der Waals surface area contributed by atoms with Crippen LogP contribution in [0.1, 0.15) is 36.5 Å². The van der Waals surface area contributed by atoms with Crippen molar-refractivity contribution in [2.45, 2.75) is 38.8 Å². The standard InChI is InChI=1S/C17H17F2N3O2S/c1-3-4-14-20-11(9-25-14)8-22-15(23)17(2,21-16(22)24)12-7-10(18)5-6-13(12)19/h5-7,9H,3-4,8H2,1-2H3,(H,21,24)/t17-/m1/s1. The quantitative estimate of drug-likeness (QED) is 0.827. The molecular weight excluding hydrogens is 348 g/mol. The molecule has 2 heterocycles. The Labute approximate surface area is 147 Å². The van der Waals surface area contributed by atoms with Crippen LogP contribution in [0.25, 0.3) is 0 Å². The lowest BCUT2D eigenvalue weighted by atomic mass is 9.91. The van der Waals surface area contributed by atoms with E-state index in [2.05, 4.69) is 10.3 Å². The molecule has 1 aliphatic heterocycles. The molecule has 1 fully saturated rings. The summed E-state index contributed by atoms with van der Waals surface area (Å²) in [4.78, 5) is 30.4. The van der Waals surface area contributed by atoms with Crippen molar-refractivity contribution >= 4 is 23.3 Å². The number of carbonyl (C=O) groups is 2. The summed E-state index contributed by atoms with van der Waals surface area (Å²) >= 11 is 1.47. The van der Waals surface area contributed by atoms with Crippen molar-refractivity contribution < 1.29 is 18.4 Å². The second-order valence-electron chi connectivity index (χ2n) is 6.05. The van der Waals surface area contributed by atoms with Crippen LogP contribution in [0.3, 0.4) is 0 Å². The first-order chi connectivity index (χ1) is 11.8. The smallest absolute Gasteiger partial charge is 0.319 e. The van der Waals surface area contributed by atoms with Crippen molar-refractivity contribution in [3.63, 3.8) is 0 Å². The summed E-state index contributed by atoms with van der Waals surface area (Å²) < 4.78 is 27.6. The van der Waals surface area contributed by atoms with Gasteiger partial charge in [-0.3, -0.25) is 9.69 Å². The van der Waals surface area contributed by atoms with Gasteiger partial charge in [0, 0.05) is 10.9 Å². The Morgan fingerprint density at radius 2 is 2.08 bits per heavy atom. The van der Waals surface area contributed by atoms with Crippen LogP contribution in [-0.4, -0.2) is 21.8 Å². The molecule has 1 aliphatic rings. The topological polar surface area (TPSA) is 62.3 Å². The minimum absolute atomic E-state index is 0.00257. The van der Waals surface area contributed by atoms with E-state index in [1.807, 2.05) is 6.92 Å². The lowest BCUT2D eigenvalue weighted by Gasteiger charge is -2.22. The molecule has 1 atom stereocenters. The molecule has 0 saturated carbocycles. The number of rotatable bonds is 5. The third kappa shape index (κ3) is 3.13. The Balaban J connectivity index is 1.87. The molecule has 25 heavy (non-hydrogen) atoms. The van der Waals surface area contributed by atoms with E-state index in [9.17, 15) is 18.4 Å². The monoisotopic (exact) mass is 365 g/mol. The van der Waals surface area contributed by atoms with Crippen LogP contribution in [-0.2, 0) is 23.3 Å². The summed E-state index contributed by atoms with van der Waals surface area (Å²) in [5.74, 6) is -2.06. The lowest BCUT2D eigenvalue weighted by Crippen LogP contribution is -2.41. The molecule has 8 heteroatoms. The first kappa shape index (κ1) is 17.5. The predicted octanol–water partition coefficient (Wildman–Crippen LogP) is 3.34. The van der Waals surface area contributed by atoms with E-state index in [4.69, 9.17) is 0 Å². The maximum atomic E-state index is 14.1. The summed E-state index contributed by atoms with van der Waals surface area (Å²) in [7, 11) is 0. The SMILES string of the molecule is CCCc1nc(CN2C(=O)N[C@](C)(c3cc(F)ccc3F)C2=O)cs1. The number of thiazole rings is 1. The molecule has 0 bridgehead atoms. The summed E-state index contributed by atoms with van der Waals surface area (Å²) in [6, 6.07) is 2.18. The molecule has 0 spiro atoms. The number of hydrogen-bond donors (Lipinski definition) is 1. The molecule has 2 aromatic rings. The maximum Gasteiger partial charge on any atom is 0.325 e. The fraction of sp³-hybridized carbons (Fsp3) is 0.353. The van der Waals surface area contributed by atoms with Gasteiger partial charge >= 0.3 is 6.03 Å². The highest BCUT2D eigenvalue weighted by Crippen LogP contribution is 2.32. The Kier molecular flexibility index (Phi) is 4.55. The Morgan fingerprint density at radius 1 is 1.32 bits per heavy atom. The molecule has 5 nitrogen and oxygen atoms in total. The van der Waals surface area contributed by atoms with E-state index < -0.39 is 29.1 Å². The van der Waals surface area contributed by atoms with Gasteiger partial charge in [-0.25, -0.2) is 18.6 Å².